The summed E-state index contributed by atoms with van der Waals surface area (Å²) in [5.74, 6) is 0. The minimum absolute atomic E-state index is 0.260. The summed E-state index contributed by atoms with van der Waals surface area (Å²) in [7, 11) is 0. The number of nitrogens with zero attached hydrogens (tertiary/aromatic N) is 2. The van der Waals surface area contributed by atoms with Crippen molar-refractivity contribution in [3.8, 4) is 0 Å². The molecule has 0 aliphatic carbocycles. The number of benzene rings is 1. The summed E-state index contributed by atoms with van der Waals surface area (Å²) in [6.45, 7) is 7.42. The normalized spacial score (nSPS) is 28.5. The maximum absolute atomic E-state index is 10.3. The van der Waals surface area contributed by atoms with Crippen molar-refractivity contribution >= 4 is 0 Å². The molecular weight excluding hydrogens is 216 g/mol. The summed E-state index contributed by atoms with van der Waals surface area (Å²) in [5, 5.41) is 23.0. The molecule has 0 unspecified atom stereocenters. The molecule has 1 heterocycles. The average Bonchev–Trinajstić information content (AvgIpc) is 2.39. The summed E-state index contributed by atoms with van der Waals surface area (Å²) in [6, 6.07) is 9.48. The van der Waals surface area contributed by atoms with Crippen LogP contribution < -0.4 is 0 Å². The molecule has 17 heavy (non-hydrogen) atoms. The first-order chi connectivity index (χ1) is 7.79. The van der Waals surface area contributed by atoms with Crippen LogP contribution in [-0.2, 0) is 0 Å². The first-order valence-electron chi connectivity index (χ1n) is 5.82. The number of rotatable bonds is 1. The maximum atomic E-state index is 10.3. The van der Waals surface area contributed by atoms with Gasteiger partial charge in [0.2, 0.25) is 0 Å². The van der Waals surface area contributed by atoms with Crippen LogP contribution in [0.1, 0.15) is 39.3 Å². The van der Waals surface area contributed by atoms with E-state index >= 15 is 0 Å². The van der Waals surface area contributed by atoms with Crippen LogP contribution in [-0.4, -0.2) is 31.7 Å². The van der Waals surface area contributed by atoms with Gasteiger partial charge in [0.25, 0.3) is 0 Å². The van der Waals surface area contributed by atoms with Gasteiger partial charge in [0.05, 0.1) is 11.6 Å². The lowest BCUT2D eigenvalue weighted by atomic mass is 9.90. The highest BCUT2D eigenvalue weighted by Gasteiger charge is 2.57. The minimum Gasteiger partial charge on any atom is -0.312 e. The molecule has 1 aromatic rings. The highest BCUT2D eigenvalue weighted by molar-refractivity contribution is 5.25. The smallest absolute Gasteiger partial charge is 0.116 e. The van der Waals surface area contributed by atoms with Crippen LogP contribution in [0.5, 0.6) is 0 Å². The van der Waals surface area contributed by atoms with Crippen LogP contribution in [0.2, 0.25) is 0 Å². The van der Waals surface area contributed by atoms with Crippen molar-refractivity contribution < 1.29 is 10.4 Å². The SMILES string of the molecule is CC1(C)[C@@H](c2ccccc2)N(O)C(C)(C)N1O. The molecule has 0 saturated carbocycles. The standard InChI is InChI=1S/C13H20N2O2/c1-12(2)11(10-8-6-5-7-9-10)14(16)13(3,4)15(12)17/h5-9,11,16-17H,1-4H3/t11-/m1/s1. The maximum Gasteiger partial charge on any atom is 0.116 e. The molecule has 1 aliphatic heterocycles. The molecule has 1 fully saturated rings. The van der Waals surface area contributed by atoms with E-state index < -0.39 is 11.2 Å². The Labute approximate surface area is 102 Å². The quantitative estimate of drug-likeness (QED) is 0.787. The Morgan fingerprint density at radius 2 is 1.53 bits per heavy atom. The van der Waals surface area contributed by atoms with E-state index in [1.807, 2.05) is 44.2 Å². The molecule has 4 nitrogen and oxygen atoms in total. The minimum atomic E-state index is -0.802. The fourth-order valence-electron chi connectivity index (χ4n) is 2.72. The summed E-state index contributed by atoms with van der Waals surface area (Å²) in [5.41, 5.74) is -0.367. The fourth-order valence-corrected chi connectivity index (χ4v) is 2.72. The predicted octanol–water partition coefficient (Wildman–Crippen LogP) is 2.64. The number of hydrogen-bond acceptors (Lipinski definition) is 4. The highest BCUT2D eigenvalue weighted by Crippen LogP contribution is 2.47. The van der Waals surface area contributed by atoms with Crippen molar-refractivity contribution in [2.75, 3.05) is 0 Å². The zero-order chi connectivity index (χ0) is 12.8. The van der Waals surface area contributed by atoms with Gasteiger partial charge in [-0.1, -0.05) is 30.3 Å². The molecule has 1 saturated heterocycles. The Bertz CT molecular complexity index is 403. The van der Waals surface area contributed by atoms with E-state index in [4.69, 9.17) is 0 Å². The third-order valence-electron chi connectivity index (χ3n) is 3.65. The Hall–Kier alpha value is -0.940. The summed E-state index contributed by atoms with van der Waals surface area (Å²) >= 11 is 0. The molecule has 0 radical (unpaired) electrons. The van der Waals surface area contributed by atoms with Gasteiger partial charge in [0.1, 0.15) is 5.66 Å². The van der Waals surface area contributed by atoms with Gasteiger partial charge in [0.15, 0.2) is 0 Å². The van der Waals surface area contributed by atoms with E-state index in [0.29, 0.717) is 0 Å². The van der Waals surface area contributed by atoms with E-state index in [9.17, 15) is 10.4 Å². The first-order valence-corrected chi connectivity index (χ1v) is 5.82. The van der Waals surface area contributed by atoms with E-state index in [0.717, 1.165) is 5.56 Å². The molecule has 0 bridgehead atoms. The van der Waals surface area contributed by atoms with Crippen LogP contribution in [0.15, 0.2) is 30.3 Å². The topological polar surface area (TPSA) is 46.9 Å². The largest absolute Gasteiger partial charge is 0.312 e. The Kier molecular flexibility index (Phi) is 2.78. The predicted molar refractivity (Wildman–Crippen MR) is 64.6 cm³/mol. The van der Waals surface area contributed by atoms with E-state index in [1.165, 1.54) is 10.1 Å². The van der Waals surface area contributed by atoms with Crippen LogP contribution >= 0.6 is 0 Å². The number of hydroxylamine groups is 4. The molecule has 1 aliphatic rings. The van der Waals surface area contributed by atoms with Crippen molar-refractivity contribution in [1.82, 2.24) is 10.1 Å². The summed E-state index contributed by atoms with van der Waals surface area (Å²) in [4.78, 5) is 0. The molecule has 0 aromatic heterocycles. The van der Waals surface area contributed by atoms with E-state index in [-0.39, 0.29) is 6.04 Å². The average molecular weight is 236 g/mol. The third-order valence-corrected chi connectivity index (χ3v) is 3.65. The lowest BCUT2D eigenvalue weighted by molar-refractivity contribution is -0.260. The monoisotopic (exact) mass is 236 g/mol. The van der Waals surface area contributed by atoms with Crippen molar-refractivity contribution in [2.24, 2.45) is 0 Å². The Morgan fingerprint density at radius 1 is 1.00 bits per heavy atom. The second-order valence-corrected chi connectivity index (χ2v) is 5.62. The van der Waals surface area contributed by atoms with Crippen LogP contribution in [0.25, 0.3) is 0 Å². The van der Waals surface area contributed by atoms with Crippen LogP contribution in [0.4, 0.5) is 0 Å². The van der Waals surface area contributed by atoms with Crippen LogP contribution in [0.3, 0.4) is 0 Å². The van der Waals surface area contributed by atoms with Gasteiger partial charge >= 0.3 is 0 Å². The molecule has 1 atom stereocenters. The summed E-state index contributed by atoms with van der Waals surface area (Å²) in [6.07, 6.45) is 0. The molecule has 1 aromatic carbocycles. The van der Waals surface area contributed by atoms with E-state index in [2.05, 4.69) is 0 Å². The molecule has 0 spiro atoms. The first kappa shape index (κ1) is 12.5. The number of hydrogen-bond donors (Lipinski definition) is 2. The second-order valence-electron chi connectivity index (χ2n) is 5.62. The molecular formula is C13H20N2O2. The Morgan fingerprint density at radius 3 is 1.94 bits per heavy atom. The lowest BCUT2D eigenvalue weighted by Crippen LogP contribution is -2.49. The zero-order valence-corrected chi connectivity index (χ0v) is 10.8. The molecule has 2 N–H and O–H groups in total. The van der Waals surface area contributed by atoms with Crippen LogP contribution in [0, 0.1) is 0 Å². The summed E-state index contributed by atoms with van der Waals surface area (Å²) < 4.78 is 0. The highest BCUT2D eigenvalue weighted by atomic mass is 16.6. The third kappa shape index (κ3) is 1.68. The lowest BCUT2D eigenvalue weighted by Gasteiger charge is -2.33. The van der Waals surface area contributed by atoms with Gasteiger partial charge in [0, 0.05) is 0 Å². The van der Waals surface area contributed by atoms with Crippen molar-refractivity contribution in [3.63, 3.8) is 0 Å². The van der Waals surface area contributed by atoms with Gasteiger partial charge in [-0.2, -0.15) is 10.1 Å². The van der Waals surface area contributed by atoms with Crippen molar-refractivity contribution in [1.29, 1.82) is 0 Å². The van der Waals surface area contributed by atoms with Gasteiger partial charge < -0.3 is 10.4 Å². The van der Waals surface area contributed by atoms with Gasteiger partial charge in [-0.3, -0.25) is 0 Å². The Balaban J connectivity index is 2.48. The van der Waals surface area contributed by atoms with Crippen molar-refractivity contribution in [2.45, 2.75) is 44.9 Å². The molecule has 0 amide bonds. The van der Waals surface area contributed by atoms with Gasteiger partial charge in [-0.15, -0.1) is 0 Å². The zero-order valence-electron chi connectivity index (χ0n) is 10.8. The molecule has 2 rings (SSSR count). The second kappa shape index (κ2) is 3.78. The van der Waals surface area contributed by atoms with Gasteiger partial charge in [-0.25, -0.2) is 0 Å². The van der Waals surface area contributed by atoms with E-state index in [1.54, 1.807) is 13.8 Å². The molecule has 4 heteroatoms. The van der Waals surface area contributed by atoms with Crippen molar-refractivity contribution in [3.05, 3.63) is 35.9 Å². The molecule has 94 valence electrons. The van der Waals surface area contributed by atoms with Gasteiger partial charge in [-0.05, 0) is 33.3 Å². The fraction of sp³-hybridized carbons (Fsp3) is 0.538.